The number of hydrogen-bond acceptors (Lipinski definition) is 17. The van der Waals surface area contributed by atoms with E-state index in [1.54, 1.807) is 103 Å². The van der Waals surface area contributed by atoms with Crippen molar-refractivity contribution in [3.8, 4) is 39.5 Å². The van der Waals surface area contributed by atoms with Gasteiger partial charge in [0, 0.05) is 55.7 Å². The molecule has 1 atom stereocenters. The maximum absolute atomic E-state index is 13.9. The van der Waals surface area contributed by atoms with Crippen LogP contribution < -0.4 is 20.8 Å². The third kappa shape index (κ3) is 16.4. The van der Waals surface area contributed by atoms with Crippen molar-refractivity contribution >= 4 is 63.0 Å². The molecule has 21 heteroatoms. The van der Waals surface area contributed by atoms with Crippen LogP contribution in [0, 0.1) is 11.8 Å². The molecule has 416 valence electrons. The number of rotatable bonds is 29. The van der Waals surface area contributed by atoms with Crippen molar-refractivity contribution in [1.29, 1.82) is 0 Å². The first kappa shape index (κ1) is 57.8. The second-order valence-electron chi connectivity index (χ2n) is 18.0. The average Bonchev–Trinajstić information content (AvgIpc) is 4.13. The summed E-state index contributed by atoms with van der Waals surface area (Å²) in [5.41, 5.74) is 6.98. The molecule has 8 rings (SSSR count). The highest BCUT2D eigenvalue weighted by atomic mass is 32.1. The van der Waals surface area contributed by atoms with Crippen LogP contribution in [0.5, 0.6) is 17.2 Å². The quantitative estimate of drug-likeness (QED) is 0.00987. The number of imide groups is 1. The number of fused-ring (bicyclic) bond motifs is 2. The number of hydrogen-bond donors (Lipinski definition) is 5. The zero-order valence-corrected chi connectivity index (χ0v) is 44.4. The number of piperidine rings is 1. The van der Waals surface area contributed by atoms with Gasteiger partial charge in [0.2, 0.25) is 17.7 Å². The van der Waals surface area contributed by atoms with Crippen molar-refractivity contribution in [2.24, 2.45) is 5.10 Å². The number of ketones is 1. The second kappa shape index (κ2) is 29.6. The van der Waals surface area contributed by atoms with Crippen LogP contribution in [-0.4, -0.2) is 155 Å². The summed E-state index contributed by atoms with van der Waals surface area (Å²) in [7, 11) is 0. The second-order valence-corrected chi connectivity index (χ2v) is 19.0. The smallest absolute Gasteiger partial charge is 0.271 e. The van der Waals surface area contributed by atoms with Gasteiger partial charge in [-0.05, 0) is 114 Å². The predicted molar refractivity (Wildman–Crippen MR) is 295 cm³/mol. The van der Waals surface area contributed by atoms with E-state index in [0.29, 0.717) is 115 Å². The maximum atomic E-state index is 13.9. The van der Waals surface area contributed by atoms with Crippen LogP contribution >= 0.6 is 11.3 Å². The van der Waals surface area contributed by atoms with Crippen molar-refractivity contribution in [3.05, 3.63) is 148 Å². The molecule has 0 radical (unpaired) electrons. The molecule has 1 saturated heterocycles. The molecule has 0 bridgehead atoms. The number of amides is 5. The molecule has 5 aromatic carbocycles. The number of carbonyl (C=O) groups is 6. The van der Waals surface area contributed by atoms with E-state index < -0.39 is 17.9 Å². The Kier molecular flexibility index (Phi) is 21.4. The largest absolute Gasteiger partial charge is 0.508 e. The lowest BCUT2D eigenvalue weighted by atomic mass is 9.97. The van der Waals surface area contributed by atoms with Crippen molar-refractivity contribution < 1.29 is 72.1 Å². The zero-order valence-electron chi connectivity index (χ0n) is 43.6. The molecule has 2 aliphatic heterocycles. The number of phenolic OH excluding ortho intramolecular Hbond substituents is 2. The van der Waals surface area contributed by atoms with E-state index in [1.165, 1.54) is 28.5 Å². The Balaban J connectivity index is 0.589. The topological polar surface area (TPSA) is 259 Å². The first-order valence-corrected chi connectivity index (χ1v) is 26.6. The molecule has 1 fully saturated rings. The predicted octanol–water partition coefficient (Wildman–Crippen LogP) is 5.38. The third-order valence-corrected chi connectivity index (χ3v) is 13.7. The molecule has 0 spiro atoms. The van der Waals surface area contributed by atoms with Gasteiger partial charge in [0.25, 0.3) is 11.8 Å². The molecule has 1 unspecified atom stereocenters. The summed E-state index contributed by atoms with van der Waals surface area (Å²) < 4.78 is 39.5. The van der Waals surface area contributed by atoms with Gasteiger partial charge in [-0.1, -0.05) is 30.0 Å². The molecule has 80 heavy (non-hydrogen) atoms. The van der Waals surface area contributed by atoms with Gasteiger partial charge >= 0.3 is 0 Å². The SMILES string of the molecule is O=C(COCCOCCOCCOCCOCCOCCOc1ccc(/C=N/NC(=O)c2ccc(C(=O)c3c(-c4ccc(O)cc4)sc4cc(O)ccc34)cc2)cc1)NCC#Cc1cccc2c1CN(C1CCC(=O)NC1=O)C2=O. The molecule has 6 aromatic rings. The third-order valence-electron chi connectivity index (χ3n) is 12.5. The van der Waals surface area contributed by atoms with Crippen molar-refractivity contribution in [1.82, 2.24) is 21.0 Å². The minimum atomic E-state index is -0.710. The van der Waals surface area contributed by atoms with Crippen molar-refractivity contribution in [3.63, 3.8) is 0 Å². The fourth-order valence-corrected chi connectivity index (χ4v) is 9.68. The summed E-state index contributed by atoms with van der Waals surface area (Å²) in [6.07, 6.45) is 1.96. The van der Waals surface area contributed by atoms with E-state index in [9.17, 15) is 39.0 Å². The van der Waals surface area contributed by atoms with Crippen molar-refractivity contribution in [2.75, 3.05) is 92.4 Å². The fourth-order valence-electron chi connectivity index (χ4n) is 8.44. The molecular formula is C59H59N5O15S. The zero-order chi connectivity index (χ0) is 56.1. The minimum Gasteiger partial charge on any atom is -0.508 e. The molecular weight excluding hydrogens is 1050 g/mol. The summed E-state index contributed by atoms with van der Waals surface area (Å²) in [6.45, 7) is 4.48. The highest BCUT2D eigenvalue weighted by Crippen LogP contribution is 2.41. The van der Waals surface area contributed by atoms with Gasteiger partial charge in [-0.25, -0.2) is 5.43 Å². The van der Waals surface area contributed by atoms with Gasteiger partial charge in [0.05, 0.1) is 85.4 Å². The van der Waals surface area contributed by atoms with E-state index in [2.05, 4.69) is 33.0 Å². The van der Waals surface area contributed by atoms with Gasteiger partial charge in [-0.15, -0.1) is 11.3 Å². The lowest BCUT2D eigenvalue weighted by molar-refractivity contribution is -0.137. The Morgan fingerprint density at radius 2 is 1.35 bits per heavy atom. The Hall–Kier alpha value is -8.33. The number of nitrogens with zero attached hydrogens (tertiary/aromatic N) is 2. The molecule has 5 amide bonds. The summed E-state index contributed by atoms with van der Waals surface area (Å²) in [5, 5.41) is 29.6. The minimum absolute atomic E-state index is 0.0765. The number of thiophene rings is 1. The van der Waals surface area contributed by atoms with Gasteiger partial charge in [-0.2, -0.15) is 5.10 Å². The van der Waals surface area contributed by atoms with Crippen LogP contribution in [0.15, 0.2) is 114 Å². The number of aromatic hydroxyl groups is 2. The van der Waals surface area contributed by atoms with Crippen LogP contribution in [0.3, 0.4) is 0 Å². The molecule has 0 saturated carbocycles. The lowest BCUT2D eigenvalue weighted by Gasteiger charge is -2.29. The van der Waals surface area contributed by atoms with E-state index in [0.717, 1.165) is 15.8 Å². The summed E-state index contributed by atoms with van der Waals surface area (Å²) in [6, 6.07) is 29.4. The Morgan fingerprint density at radius 1 is 0.725 bits per heavy atom. The van der Waals surface area contributed by atoms with Crippen LogP contribution in [-0.2, 0) is 49.3 Å². The summed E-state index contributed by atoms with van der Waals surface area (Å²) >= 11 is 1.37. The van der Waals surface area contributed by atoms with Crippen molar-refractivity contribution in [2.45, 2.75) is 25.4 Å². The number of nitrogens with one attached hydrogen (secondary N) is 3. The monoisotopic (exact) mass is 1110 g/mol. The first-order chi connectivity index (χ1) is 39.0. The molecule has 0 aliphatic carbocycles. The maximum Gasteiger partial charge on any atom is 0.271 e. The molecule has 3 heterocycles. The van der Waals surface area contributed by atoms with E-state index >= 15 is 0 Å². The first-order valence-electron chi connectivity index (χ1n) is 25.8. The number of hydrazone groups is 1. The molecule has 5 N–H and O–H groups in total. The number of carbonyl (C=O) groups excluding carboxylic acids is 6. The van der Waals surface area contributed by atoms with E-state index in [1.807, 2.05) is 0 Å². The van der Waals surface area contributed by atoms with Crippen LogP contribution in [0.25, 0.3) is 20.5 Å². The summed E-state index contributed by atoms with van der Waals surface area (Å²) in [4.78, 5) is 78.1. The normalized spacial score (nSPS) is 14.0. The van der Waals surface area contributed by atoms with Gasteiger partial charge in [0.1, 0.15) is 36.5 Å². The summed E-state index contributed by atoms with van der Waals surface area (Å²) in [5.74, 6) is 4.61. The highest BCUT2D eigenvalue weighted by Gasteiger charge is 2.39. The Labute approximate surface area is 464 Å². The van der Waals surface area contributed by atoms with Gasteiger partial charge in [0.15, 0.2) is 5.78 Å². The van der Waals surface area contributed by atoms with Gasteiger partial charge in [-0.3, -0.25) is 34.1 Å². The standard InChI is InChI=1S/C59H59N5O15S/c65-44-14-12-42(13-15-44)56-54(48-19-16-45(66)35-51(48)80-56)55(69)41-8-10-43(11-9-41)57(70)63-61-36-39-6-17-46(18-7-39)79-34-33-77-30-29-75-26-25-73-23-24-74-27-28-76-31-32-78-38-53(68)60-22-2-4-40-3-1-5-47-49(40)37-64(59(47)72)50-20-21-52(67)62-58(50)71/h1,3,5-19,35-36,50,65-66H,20-34,37-38H2,(H,60,68)(H,63,70)(H,62,67,71)/b61-36+. The Bertz CT molecular complexity index is 3230. The van der Waals surface area contributed by atoms with E-state index in [-0.39, 0.29) is 80.8 Å². The molecule has 1 aromatic heterocycles. The molecule has 20 nitrogen and oxygen atoms in total. The van der Waals surface area contributed by atoms with Crippen LogP contribution in [0.4, 0.5) is 0 Å². The van der Waals surface area contributed by atoms with Crippen LogP contribution in [0.2, 0.25) is 0 Å². The Morgan fingerprint density at radius 3 is 2.01 bits per heavy atom. The number of phenols is 2. The lowest BCUT2D eigenvalue weighted by Crippen LogP contribution is -2.52. The van der Waals surface area contributed by atoms with Crippen LogP contribution in [0.1, 0.15) is 66.2 Å². The van der Waals surface area contributed by atoms with E-state index in [4.69, 9.17) is 33.2 Å². The number of benzene rings is 5. The highest BCUT2D eigenvalue weighted by molar-refractivity contribution is 7.22. The molecule has 2 aliphatic rings. The average molecular weight is 1110 g/mol. The fraction of sp³-hybridized carbons (Fsp3) is 0.305. The number of ether oxygens (including phenoxy) is 7. The van der Waals surface area contributed by atoms with Gasteiger partial charge < -0.3 is 53.6 Å².